The maximum atomic E-state index is 13.1. The minimum absolute atomic E-state index is 0.0294. The van der Waals surface area contributed by atoms with Crippen LogP contribution in [-0.4, -0.2) is 37.5 Å². The number of anilines is 1. The quantitative estimate of drug-likeness (QED) is 0.838. The van der Waals surface area contributed by atoms with Crippen LogP contribution in [-0.2, 0) is 19.6 Å². The zero-order valence-electron chi connectivity index (χ0n) is 12.1. The number of hydrogen-bond acceptors (Lipinski definition) is 4. The van der Waals surface area contributed by atoms with E-state index < -0.39 is 33.2 Å². The molecule has 0 saturated carbocycles. The van der Waals surface area contributed by atoms with Crippen molar-refractivity contribution in [3.05, 3.63) is 40.7 Å². The molecule has 1 aliphatic heterocycles. The summed E-state index contributed by atoms with van der Waals surface area (Å²) >= 11 is 5.81. The third kappa shape index (κ3) is 3.82. The number of hydrogen-bond donors (Lipinski definition) is 2. The van der Waals surface area contributed by atoms with Gasteiger partial charge in [0.15, 0.2) is 0 Å². The molecular weight excluding hydrogens is 349 g/mol. The Labute approximate surface area is 138 Å². The average molecular weight is 364 g/mol. The first-order chi connectivity index (χ1) is 10.8. The van der Waals surface area contributed by atoms with Gasteiger partial charge in [0.25, 0.3) is 0 Å². The highest BCUT2D eigenvalue weighted by Gasteiger charge is 2.41. The number of benzene rings is 1. The highest BCUT2D eigenvalue weighted by atomic mass is 35.5. The molecule has 1 aliphatic rings. The molecule has 1 heterocycles. The zero-order valence-corrected chi connectivity index (χ0v) is 13.7. The van der Waals surface area contributed by atoms with Crippen LogP contribution >= 0.6 is 11.6 Å². The van der Waals surface area contributed by atoms with Crippen molar-refractivity contribution in [3.8, 4) is 0 Å². The smallest absolute Gasteiger partial charge is 0.332 e. The Morgan fingerprint density at radius 3 is 2.78 bits per heavy atom. The van der Waals surface area contributed by atoms with Crippen LogP contribution in [0.25, 0.3) is 0 Å². The lowest BCUT2D eigenvalue weighted by atomic mass is 10.0. The lowest BCUT2D eigenvalue weighted by Crippen LogP contribution is -2.45. The Balaban J connectivity index is 2.40. The molecule has 1 unspecified atom stereocenters. The second-order valence-electron chi connectivity index (χ2n) is 4.94. The van der Waals surface area contributed by atoms with Gasteiger partial charge in [-0.15, -0.1) is 0 Å². The number of ether oxygens (including phenoxy) is 1. The molecule has 0 aliphatic carbocycles. The molecule has 0 fully saturated rings. The Kier molecular flexibility index (Phi) is 5.28. The predicted molar refractivity (Wildman–Crippen MR) is 83.5 cm³/mol. The molecule has 1 aromatic carbocycles. The van der Waals surface area contributed by atoms with Crippen molar-refractivity contribution in [3.63, 3.8) is 0 Å². The minimum atomic E-state index is -4.16. The largest absolute Gasteiger partial charge is 0.478 e. The molecule has 1 aromatic rings. The summed E-state index contributed by atoms with van der Waals surface area (Å²) in [5.41, 5.74) is -0.285. The number of halogens is 2. The maximum absolute atomic E-state index is 13.1. The standard InChI is InChI=1S/C14H15ClFNO5S/c1-2-12-13(9(14(18)19)5-6-22-12)23(20,21)17-11-4-3-8(16)7-10(11)15/h3-5,7,12-13,17H,2,6H2,1H3,(H,18,19)/t12?,13-/m1/s1. The molecule has 0 aromatic heterocycles. The number of rotatable bonds is 5. The van der Waals surface area contributed by atoms with Crippen molar-refractivity contribution in [2.24, 2.45) is 0 Å². The van der Waals surface area contributed by atoms with E-state index >= 15 is 0 Å². The molecule has 126 valence electrons. The van der Waals surface area contributed by atoms with Gasteiger partial charge in [-0.05, 0) is 30.7 Å². The van der Waals surface area contributed by atoms with Crippen LogP contribution in [0.4, 0.5) is 10.1 Å². The van der Waals surface area contributed by atoms with Gasteiger partial charge in [0.2, 0.25) is 10.0 Å². The summed E-state index contributed by atoms with van der Waals surface area (Å²) in [5, 5.41) is 7.74. The Morgan fingerprint density at radius 1 is 1.52 bits per heavy atom. The molecule has 0 amide bonds. The van der Waals surface area contributed by atoms with Crippen molar-refractivity contribution >= 4 is 33.3 Å². The summed E-state index contributed by atoms with van der Waals surface area (Å²) in [7, 11) is -4.16. The molecular formula is C14H15ClFNO5S. The van der Waals surface area contributed by atoms with E-state index in [9.17, 15) is 22.7 Å². The van der Waals surface area contributed by atoms with E-state index in [1.54, 1.807) is 6.92 Å². The van der Waals surface area contributed by atoms with Crippen LogP contribution < -0.4 is 4.72 Å². The van der Waals surface area contributed by atoms with E-state index in [4.69, 9.17) is 16.3 Å². The maximum Gasteiger partial charge on any atom is 0.332 e. The summed E-state index contributed by atoms with van der Waals surface area (Å²) in [6, 6.07) is 3.18. The van der Waals surface area contributed by atoms with Crippen LogP contribution in [0.1, 0.15) is 13.3 Å². The van der Waals surface area contributed by atoms with Crippen molar-refractivity contribution in [1.82, 2.24) is 0 Å². The van der Waals surface area contributed by atoms with Gasteiger partial charge in [-0.25, -0.2) is 17.6 Å². The van der Waals surface area contributed by atoms with Gasteiger partial charge in [-0.1, -0.05) is 18.5 Å². The van der Waals surface area contributed by atoms with Crippen molar-refractivity contribution < 1.29 is 27.4 Å². The number of carboxylic acid groups (broad SMARTS) is 1. The fourth-order valence-electron chi connectivity index (χ4n) is 2.36. The van der Waals surface area contributed by atoms with Gasteiger partial charge in [-0.3, -0.25) is 4.72 Å². The molecule has 0 bridgehead atoms. The van der Waals surface area contributed by atoms with Crippen LogP contribution in [0.5, 0.6) is 0 Å². The highest BCUT2D eigenvalue weighted by molar-refractivity contribution is 7.93. The van der Waals surface area contributed by atoms with Crippen molar-refractivity contribution in [2.45, 2.75) is 24.7 Å². The zero-order chi connectivity index (χ0) is 17.2. The van der Waals surface area contributed by atoms with Gasteiger partial charge in [-0.2, -0.15) is 0 Å². The van der Waals surface area contributed by atoms with Gasteiger partial charge in [0, 0.05) is 0 Å². The summed E-state index contributed by atoms with van der Waals surface area (Å²) in [6.45, 7) is 1.73. The normalized spacial score (nSPS) is 21.6. The van der Waals surface area contributed by atoms with E-state index in [-0.39, 0.29) is 22.9 Å². The van der Waals surface area contributed by atoms with Gasteiger partial charge in [0.1, 0.15) is 11.1 Å². The first-order valence-electron chi connectivity index (χ1n) is 6.78. The van der Waals surface area contributed by atoms with E-state index in [1.165, 1.54) is 12.1 Å². The molecule has 0 spiro atoms. The van der Waals surface area contributed by atoms with Crippen LogP contribution in [0, 0.1) is 5.82 Å². The highest BCUT2D eigenvalue weighted by Crippen LogP contribution is 2.29. The Hall–Kier alpha value is -1.64. The monoisotopic (exact) mass is 363 g/mol. The summed E-state index contributed by atoms with van der Waals surface area (Å²) in [4.78, 5) is 11.3. The van der Waals surface area contributed by atoms with Crippen molar-refractivity contribution in [2.75, 3.05) is 11.3 Å². The van der Waals surface area contributed by atoms with Gasteiger partial charge < -0.3 is 9.84 Å². The van der Waals surface area contributed by atoms with Crippen LogP contribution in [0.3, 0.4) is 0 Å². The van der Waals surface area contributed by atoms with Crippen LogP contribution in [0.2, 0.25) is 5.02 Å². The molecule has 2 rings (SSSR count). The molecule has 2 N–H and O–H groups in total. The second-order valence-corrected chi connectivity index (χ2v) is 7.15. The SMILES string of the molecule is CCC1OCC=C(C(=O)O)[C@H]1S(=O)(=O)Nc1ccc(F)cc1Cl. The van der Waals surface area contributed by atoms with E-state index in [0.29, 0.717) is 6.42 Å². The number of aliphatic carboxylic acids is 1. The Morgan fingerprint density at radius 2 is 2.22 bits per heavy atom. The fourth-order valence-corrected chi connectivity index (χ4v) is 4.45. The molecule has 23 heavy (non-hydrogen) atoms. The Bertz CT molecular complexity index is 750. The van der Waals surface area contributed by atoms with Crippen LogP contribution in [0.15, 0.2) is 29.8 Å². The topological polar surface area (TPSA) is 92.7 Å². The fraction of sp³-hybridized carbons (Fsp3) is 0.357. The number of carbonyl (C=O) groups is 1. The number of nitrogens with one attached hydrogen (secondary N) is 1. The van der Waals surface area contributed by atoms with E-state index in [0.717, 1.165) is 12.1 Å². The molecule has 9 heteroatoms. The lowest BCUT2D eigenvalue weighted by Gasteiger charge is -2.30. The predicted octanol–water partition coefficient (Wildman–Crippen LogP) is 2.41. The van der Waals surface area contributed by atoms with Gasteiger partial charge >= 0.3 is 5.97 Å². The third-order valence-electron chi connectivity index (χ3n) is 3.42. The van der Waals surface area contributed by atoms with Crippen molar-refractivity contribution in [1.29, 1.82) is 0 Å². The first kappa shape index (κ1) is 17.7. The van der Waals surface area contributed by atoms with E-state index in [2.05, 4.69) is 4.72 Å². The number of carboxylic acids is 1. The second kappa shape index (κ2) is 6.86. The molecule has 0 radical (unpaired) electrons. The average Bonchev–Trinajstić information content (AvgIpc) is 2.49. The molecule has 2 atom stereocenters. The minimum Gasteiger partial charge on any atom is -0.478 e. The van der Waals surface area contributed by atoms with E-state index in [1.807, 2.05) is 0 Å². The lowest BCUT2D eigenvalue weighted by molar-refractivity contribution is -0.133. The summed E-state index contributed by atoms with van der Waals surface area (Å²) < 4.78 is 45.9. The summed E-state index contributed by atoms with van der Waals surface area (Å²) in [5.74, 6) is -1.94. The van der Waals surface area contributed by atoms with Gasteiger partial charge in [0.05, 0.1) is 29.0 Å². The first-order valence-corrected chi connectivity index (χ1v) is 8.70. The molecule has 6 nitrogen and oxygen atoms in total. The summed E-state index contributed by atoms with van der Waals surface area (Å²) in [6.07, 6.45) is 0.737. The molecule has 0 saturated heterocycles. The third-order valence-corrected chi connectivity index (χ3v) is 5.47. The number of sulfonamides is 1.